The number of nitrogens with zero attached hydrogens (tertiary/aromatic N) is 3. The van der Waals surface area contributed by atoms with Crippen molar-refractivity contribution in [1.29, 1.82) is 0 Å². The van der Waals surface area contributed by atoms with Gasteiger partial charge in [0.05, 0.1) is 6.20 Å². The van der Waals surface area contributed by atoms with Gasteiger partial charge in [0.1, 0.15) is 0 Å². The molecule has 6 heteroatoms. The molecule has 0 spiro atoms. The average molecular weight is 207 g/mol. The molecule has 3 N–H and O–H groups in total. The molecule has 1 aromatic rings. The summed E-state index contributed by atoms with van der Waals surface area (Å²) in [7, 11) is 0. The first-order valence-corrected chi connectivity index (χ1v) is 4.78. The molecule has 0 unspecified atom stereocenters. The topological polar surface area (TPSA) is 84.1 Å². The number of nitrogen functional groups attached to an aromatic ring is 1. The average Bonchev–Trinajstić information content (AvgIpc) is 2.27. The smallest absolute Gasteiger partial charge is 0.219 e. The molecule has 6 nitrogen and oxygen atoms in total. The third-order valence-electron chi connectivity index (χ3n) is 2.62. The number of anilines is 1. The van der Waals surface area contributed by atoms with E-state index in [1.165, 1.54) is 0 Å². The first kappa shape index (κ1) is 9.85. The van der Waals surface area contributed by atoms with Crippen molar-refractivity contribution in [3.8, 4) is 0 Å². The van der Waals surface area contributed by atoms with E-state index in [1.54, 1.807) is 18.0 Å². The minimum Gasteiger partial charge on any atom is -0.338 e. The maximum atomic E-state index is 11.2. The second kappa shape index (κ2) is 3.82. The van der Waals surface area contributed by atoms with Crippen molar-refractivity contribution < 1.29 is 4.79 Å². The maximum Gasteiger partial charge on any atom is 0.219 e. The monoisotopic (exact) mass is 207 g/mol. The van der Waals surface area contributed by atoms with E-state index in [1.807, 2.05) is 0 Å². The Labute approximate surface area is 87.4 Å². The summed E-state index contributed by atoms with van der Waals surface area (Å²) in [5.41, 5.74) is 4.60. The number of amides is 1. The summed E-state index contributed by atoms with van der Waals surface area (Å²) >= 11 is 0. The van der Waals surface area contributed by atoms with Crippen LogP contribution in [0.1, 0.15) is 18.1 Å². The van der Waals surface area contributed by atoms with Crippen LogP contribution < -0.4 is 11.3 Å². The minimum absolute atomic E-state index is 0.0831. The van der Waals surface area contributed by atoms with Crippen LogP contribution in [0.15, 0.2) is 6.20 Å². The molecule has 0 bridgehead atoms. The quantitative estimate of drug-likeness (QED) is 0.486. The Morgan fingerprint density at radius 3 is 3.13 bits per heavy atom. The van der Waals surface area contributed by atoms with Crippen LogP contribution in [-0.4, -0.2) is 27.5 Å². The number of aromatic nitrogens is 2. The number of carbonyl (C=O) groups excluding carboxylic acids is 1. The molecule has 0 aromatic carbocycles. The Hall–Kier alpha value is -1.69. The third-order valence-corrected chi connectivity index (χ3v) is 2.62. The summed E-state index contributed by atoms with van der Waals surface area (Å²) in [6.45, 7) is 2.87. The van der Waals surface area contributed by atoms with Gasteiger partial charge in [0, 0.05) is 25.6 Å². The van der Waals surface area contributed by atoms with Crippen LogP contribution >= 0.6 is 0 Å². The van der Waals surface area contributed by atoms with Gasteiger partial charge in [-0.25, -0.2) is 5.84 Å². The SMILES string of the molecule is CC(=O)N1CCc2c(cnnc2NN)C1. The molecule has 1 aliphatic heterocycles. The standard InChI is InChI=1S/C9H13N5O/c1-6(15)14-3-2-8-7(5-14)4-11-13-9(8)12-10/h4H,2-3,5,10H2,1H3,(H,12,13). The van der Waals surface area contributed by atoms with Crippen LogP contribution in [0.2, 0.25) is 0 Å². The fourth-order valence-electron chi connectivity index (χ4n) is 1.78. The van der Waals surface area contributed by atoms with Crippen LogP contribution in [-0.2, 0) is 17.8 Å². The number of rotatable bonds is 1. The summed E-state index contributed by atoms with van der Waals surface area (Å²) in [6.07, 6.45) is 2.45. The zero-order valence-electron chi connectivity index (χ0n) is 8.53. The number of nitrogens with two attached hydrogens (primary N) is 1. The van der Waals surface area contributed by atoms with Crippen LogP contribution in [0, 0.1) is 0 Å². The molecular formula is C9H13N5O. The Morgan fingerprint density at radius 1 is 1.67 bits per heavy atom. The summed E-state index contributed by atoms with van der Waals surface area (Å²) in [5.74, 6) is 6.03. The highest BCUT2D eigenvalue weighted by atomic mass is 16.2. The van der Waals surface area contributed by atoms with Crippen molar-refractivity contribution in [1.82, 2.24) is 15.1 Å². The van der Waals surface area contributed by atoms with E-state index in [2.05, 4.69) is 15.6 Å². The van der Waals surface area contributed by atoms with Gasteiger partial charge in [-0.2, -0.15) is 5.10 Å². The number of fused-ring (bicyclic) bond motifs is 1. The molecule has 0 atom stereocenters. The fourth-order valence-corrected chi connectivity index (χ4v) is 1.78. The molecule has 0 aliphatic carbocycles. The first-order chi connectivity index (χ1) is 7.22. The number of hydrogen-bond acceptors (Lipinski definition) is 5. The van der Waals surface area contributed by atoms with E-state index in [-0.39, 0.29) is 5.91 Å². The highest BCUT2D eigenvalue weighted by Crippen LogP contribution is 2.22. The van der Waals surface area contributed by atoms with E-state index in [0.717, 1.165) is 17.5 Å². The number of hydrogen-bond donors (Lipinski definition) is 2. The first-order valence-electron chi connectivity index (χ1n) is 4.78. The number of hydrazine groups is 1. The van der Waals surface area contributed by atoms with E-state index in [4.69, 9.17) is 5.84 Å². The van der Waals surface area contributed by atoms with E-state index < -0.39 is 0 Å². The Kier molecular flexibility index (Phi) is 2.51. The molecule has 15 heavy (non-hydrogen) atoms. The Morgan fingerprint density at radius 2 is 2.47 bits per heavy atom. The Bertz CT molecular complexity index is 392. The second-order valence-corrected chi connectivity index (χ2v) is 3.53. The third kappa shape index (κ3) is 1.75. The molecule has 2 heterocycles. The molecule has 0 radical (unpaired) electrons. The summed E-state index contributed by atoms with van der Waals surface area (Å²) in [6, 6.07) is 0. The van der Waals surface area contributed by atoms with Gasteiger partial charge in [-0.05, 0) is 12.0 Å². The molecule has 1 aromatic heterocycles. The van der Waals surface area contributed by atoms with Gasteiger partial charge < -0.3 is 10.3 Å². The van der Waals surface area contributed by atoms with Gasteiger partial charge in [0.15, 0.2) is 5.82 Å². The van der Waals surface area contributed by atoms with Crippen molar-refractivity contribution >= 4 is 11.7 Å². The lowest BCUT2D eigenvalue weighted by Gasteiger charge is -2.28. The number of carbonyl (C=O) groups is 1. The predicted molar refractivity (Wildman–Crippen MR) is 54.6 cm³/mol. The van der Waals surface area contributed by atoms with Gasteiger partial charge in [0.2, 0.25) is 5.91 Å². The van der Waals surface area contributed by atoms with Crippen molar-refractivity contribution in [3.05, 3.63) is 17.3 Å². The molecular weight excluding hydrogens is 194 g/mol. The molecule has 1 aliphatic rings. The van der Waals surface area contributed by atoms with Crippen molar-refractivity contribution in [2.45, 2.75) is 19.9 Å². The van der Waals surface area contributed by atoms with Crippen molar-refractivity contribution in [3.63, 3.8) is 0 Å². The van der Waals surface area contributed by atoms with Gasteiger partial charge >= 0.3 is 0 Å². The van der Waals surface area contributed by atoms with Gasteiger partial charge in [-0.1, -0.05) is 0 Å². The molecule has 0 fully saturated rings. The van der Waals surface area contributed by atoms with E-state index in [0.29, 0.717) is 18.9 Å². The van der Waals surface area contributed by atoms with Crippen LogP contribution in [0.5, 0.6) is 0 Å². The van der Waals surface area contributed by atoms with Crippen molar-refractivity contribution in [2.75, 3.05) is 12.0 Å². The minimum atomic E-state index is 0.0831. The van der Waals surface area contributed by atoms with Crippen LogP contribution in [0.3, 0.4) is 0 Å². The number of nitrogens with one attached hydrogen (secondary N) is 1. The zero-order valence-corrected chi connectivity index (χ0v) is 8.53. The highest BCUT2D eigenvalue weighted by molar-refractivity contribution is 5.73. The van der Waals surface area contributed by atoms with Gasteiger partial charge in [-0.15, -0.1) is 5.10 Å². The van der Waals surface area contributed by atoms with Gasteiger partial charge in [0.25, 0.3) is 0 Å². The fraction of sp³-hybridized carbons (Fsp3) is 0.444. The second-order valence-electron chi connectivity index (χ2n) is 3.53. The maximum absolute atomic E-state index is 11.2. The zero-order chi connectivity index (χ0) is 10.8. The lowest BCUT2D eigenvalue weighted by molar-refractivity contribution is -0.129. The van der Waals surface area contributed by atoms with E-state index >= 15 is 0 Å². The van der Waals surface area contributed by atoms with Crippen molar-refractivity contribution in [2.24, 2.45) is 5.84 Å². The predicted octanol–water partition coefficient (Wildman–Crippen LogP) is -0.333. The van der Waals surface area contributed by atoms with E-state index in [9.17, 15) is 4.79 Å². The largest absolute Gasteiger partial charge is 0.338 e. The lowest BCUT2D eigenvalue weighted by atomic mass is 10.0. The highest BCUT2D eigenvalue weighted by Gasteiger charge is 2.21. The molecule has 2 rings (SSSR count). The van der Waals surface area contributed by atoms with Crippen LogP contribution in [0.4, 0.5) is 5.82 Å². The lowest BCUT2D eigenvalue weighted by Crippen LogP contribution is -2.35. The molecule has 0 saturated carbocycles. The van der Waals surface area contributed by atoms with Crippen LogP contribution in [0.25, 0.3) is 0 Å². The summed E-state index contributed by atoms with van der Waals surface area (Å²) < 4.78 is 0. The Balaban J connectivity index is 2.31. The molecule has 1 amide bonds. The molecule has 80 valence electrons. The normalized spacial score (nSPS) is 14.7. The summed E-state index contributed by atoms with van der Waals surface area (Å²) in [4.78, 5) is 13.0. The summed E-state index contributed by atoms with van der Waals surface area (Å²) in [5, 5.41) is 7.72. The molecule has 0 saturated heterocycles. The van der Waals surface area contributed by atoms with Gasteiger partial charge in [-0.3, -0.25) is 4.79 Å².